The number of hydrogen-bond donors (Lipinski definition) is 1. The molecule has 176 valence electrons. The van der Waals surface area contributed by atoms with E-state index >= 15 is 0 Å². The topological polar surface area (TPSA) is 81.0 Å². The zero-order valence-corrected chi connectivity index (χ0v) is 19.3. The molecule has 1 N–H and O–H groups in total. The van der Waals surface area contributed by atoms with Crippen LogP contribution in [0.15, 0.2) is 71.5 Å². The van der Waals surface area contributed by atoms with Gasteiger partial charge in [0, 0.05) is 42.9 Å². The van der Waals surface area contributed by atoms with E-state index in [2.05, 4.69) is 4.90 Å². The van der Waals surface area contributed by atoms with Crippen molar-refractivity contribution in [2.24, 2.45) is 11.8 Å². The second kappa shape index (κ2) is 9.08. The molecule has 0 saturated carbocycles. The molecule has 0 aliphatic carbocycles. The highest BCUT2D eigenvalue weighted by molar-refractivity contribution is 5.75. The fraction of sp³-hybridized carbons (Fsp3) is 0.333. The number of carbonyl (C=O) groups is 1. The van der Waals surface area contributed by atoms with Crippen molar-refractivity contribution in [1.82, 2.24) is 9.47 Å². The van der Waals surface area contributed by atoms with Crippen LogP contribution in [0.5, 0.6) is 5.75 Å². The van der Waals surface area contributed by atoms with Gasteiger partial charge in [-0.3, -0.25) is 14.5 Å². The molecule has 0 amide bonds. The van der Waals surface area contributed by atoms with Crippen LogP contribution >= 0.6 is 0 Å². The molecule has 1 fully saturated rings. The van der Waals surface area contributed by atoms with Crippen molar-refractivity contribution in [1.29, 1.82) is 0 Å². The number of aliphatic hydroxyl groups excluding tert-OH is 1. The molecule has 2 bridgehead atoms. The number of aromatic nitrogens is 1. The van der Waals surface area contributed by atoms with Crippen molar-refractivity contribution >= 4 is 5.97 Å². The highest BCUT2D eigenvalue weighted by Crippen LogP contribution is 2.49. The van der Waals surface area contributed by atoms with Gasteiger partial charge in [0.05, 0.1) is 31.7 Å². The summed E-state index contributed by atoms with van der Waals surface area (Å²) in [6.45, 7) is 0.843. The summed E-state index contributed by atoms with van der Waals surface area (Å²) in [4.78, 5) is 28.9. The molecule has 0 unspecified atom stereocenters. The second-order valence-corrected chi connectivity index (χ2v) is 8.85. The molecule has 2 aliphatic rings. The minimum atomic E-state index is -0.561. The highest BCUT2D eigenvalue weighted by atomic mass is 16.5. The summed E-state index contributed by atoms with van der Waals surface area (Å²) in [6.07, 6.45) is 0. The minimum Gasteiger partial charge on any atom is -0.496 e. The molecular formula is C27H28N2O5. The summed E-state index contributed by atoms with van der Waals surface area (Å²) >= 11 is 0. The van der Waals surface area contributed by atoms with Crippen molar-refractivity contribution in [2.45, 2.75) is 25.2 Å². The van der Waals surface area contributed by atoms with E-state index in [1.807, 2.05) is 66.7 Å². The maximum absolute atomic E-state index is 13.7. The Hall–Kier alpha value is -3.42. The standard InChI is InChI=1S/C27H28N2O5/c1-33-23-11-7-6-10-18(23)19-12-13-21-25-24(27(32)34-2)20(16-30)22(15-29(21)26(19)31)28(25)14-17-8-4-3-5-9-17/h3-13,20,22,24-25,30H,14-16H2,1-2H3/t20-,22-,24+,25+/m1/s1. The van der Waals surface area contributed by atoms with Crippen LogP contribution in [0.25, 0.3) is 11.1 Å². The summed E-state index contributed by atoms with van der Waals surface area (Å²) < 4.78 is 12.4. The molecule has 2 aliphatic heterocycles. The van der Waals surface area contributed by atoms with Crippen molar-refractivity contribution in [2.75, 3.05) is 20.8 Å². The normalized spacial score (nSPS) is 23.4. The van der Waals surface area contributed by atoms with Crippen molar-refractivity contribution in [3.63, 3.8) is 0 Å². The highest BCUT2D eigenvalue weighted by Gasteiger charge is 2.56. The van der Waals surface area contributed by atoms with Gasteiger partial charge in [0.1, 0.15) is 5.75 Å². The van der Waals surface area contributed by atoms with E-state index in [9.17, 15) is 14.7 Å². The smallest absolute Gasteiger partial charge is 0.311 e. The van der Waals surface area contributed by atoms with Crippen LogP contribution in [0.3, 0.4) is 0 Å². The minimum absolute atomic E-state index is 0.126. The Bertz CT molecular complexity index is 1260. The number of ether oxygens (including phenoxy) is 2. The molecule has 1 saturated heterocycles. The Labute approximate surface area is 198 Å². The number of pyridine rings is 1. The quantitative estimate of drug-likeness (QED) is 0.570. The number of fused-ring (bicyclic) bond motifs is 4. The Kier molecular flexibility index (Phi) is 5.98. The van der Waals surface area contributed by atoms with Gasteiger partial charge in [-0.1, -0.05) is 48.5 Å². The number of hydrogen-bond acceptors (Lipinski definition) is 6. The predicted octanol–water partition coefficient (Wildman–Crippen LogP) is 2.86. The van der Waals surface area contributed by atoms with Gasteiger partial charge < -0.3 is 19.1 Å². The molecule has 3 aromatic rings. The first-order chi connectivity index (χ1) is 16.6. The maximum atomic E-state index is 13.7. The van der Waals surface area contributed by atoms with E-state index in [4.69, 9.17) is 9.47 Å². The van der Waals surface area contributed by atoms with Gasteiger partial charge in [0.25, 0.3) is 5.56 Å². The Balaban J connectivity index is 1.64. The zero-order chi connectivity index (χ0) is 23.8. The molecular weight excluding hydrogens is 432 g/mol. The van der Waals surface area contributed by atoms with Crippen molar-refractivity contribution in [3.8, 4) is 16.9 Å². The van der Waals surface area contributed by atoms with E-state index < -0.39 is 5.92 Å². The van der Waals surface area contributed by atoms with E-state index in [1.165, 1.54) is 7.11 Å². The molecule has 7 heteroatoms. The van der Waals surface area contributed by atoms with Crippen LogP contribution in [0, 0.1) is 11.8 Å². The summed E-state index contributed by atoms with van der Waals surface area (Å²) in [5.74, 6) is -0.631. The molecule has 5 rings (SSSR count). The average Bonchev–Trinajstić information content (AvgIpc) is 3.08. The number of nitrogens with zero attached hydrogens (tertiary/aromatic N) is 2. The zero-order valence-electron chi connectivity index (χ0n) is 19.3. The van der Waals surface area contributed by atoms with Gasteiger partial charge in [-0.2, -0.15) is 0 Å². The summed E-state index contributed by atoms with van der Waals surface area (Å²) in [5, 5.41) is 10.3. The van der Waals surface area contributed by atoms with Crippen molar-refractivity contribution in [3.05, 3.63) is 88.3 Å². The van der Waals surface area contributed by atoms with E-state index in [0.29, 0.717) is 24.4 Å². The van der Waals surface area contributed by atoms with E-state index in [0.717, 1.165) is 16.8 Å². The Morgan fingerprint density at radius 3 is 2.44 bits per heavy atom. The lowest BCUT2D eigenvalue weighted by Gasteiger charge is -2.38. The lowest BCUT2D eigenvalue weighted by molar-refractivity contribution is -0.148. The van der Waals surface area contributed by atoms with Crippen LogP contribution in [0.1, 0.15) is 17.3 Å². The molecule has 0 spiro atoms. The fourth-order valence-electron chi connectivity index (χ4n) is 5.71. The molecule has 2 aromatic carbocycles. The fourth-order valence-corrected chi connectivity index (χ4v) is 5.71. The van der Waals surface area contributed by atoms with Gasteiger partial charge in [0.15, 0.2) is 0 Å². The van der Waals surface area contributed by atoms with Crippen LogP contribution in [0.2, 0.25) is 0 Å². The monoisotopic (exact) mass is 460 g/mol. The van der Waals surface area contributed by atoms with Crippen LogP contribution in [0.4, 0.5) is 0 Å². The Morgan fingerprint density at radius 1 is 1.00 bits per heavy atom. The predicted molar refractivity (Wildman–Crippen MR) is 127 cm³/mol. The molecule has 7 nitrogen and oxygen atoms in total. The van der Waals surface area contributed by atoms with Crippen molar-refractivity contribution < 1.29 is 19.4 Å². The largest absolute Gasteiger partial charge is 0.496 e. The third-order valence-corrected chi connectivity index (χ3v) is 7.25. The van der Waals surface area contributed by atoms with Crippen LogP contribution < -0.4 is 10.3 Å². The second-order valence-electron chi connectivity index (χ2n) is 8.85. The van der Waals surface area contributed by atoms with E-state index in [1.54, 1.807) is 11.7 Å². The summed E-state index contributed by atoms with van der Waals surface area (Å²) in [6, 6.07) is 20.7. The third-order valence-electron chi connectivity index (χ3n) is 7.25. The number of para-hydroxylation sites is 1. The molecule has 3 heterocycles. The SMILES string of the molecule is COC(=O)[C@H]1[C@H](CO)[C@H]2Cn3c(ccc(-c4ccccc4OC)c3=O)[C@@H]1N2Cc1ccccc1. The lowest BCUT2D eigenvalue weighted by Crippen LogP contribution is -2.46. The number of aliphatic hydroxyl groups is 1. The van der Waals surface area contributed by atoms with Crippen LogP contribution in [-0.2, 0) is 22.6 Å². The Morgan fingerprint density at radius 2 is 1.74 bits per heavy atom. The molecule has 34 heavy (non-hydrogen) atoms. The maximum Gasteiger partial charge on any atom is 0.311 e. The first-order valence-electron chi connectivity index (χ1n) is 11.4. The number of benzene rings is 2. The first kappa shape index (κ1) is 22.4. The van der Waals surface area contributed by atoms with Gasteiger partial charge in [-0.25, -0.2) is 0 Å². The lowest BCUT2D eigenvalue weighted by atomic mass is 9.87. The first-order valence-corrected chi connectivity index (χ1v) is 11.4. The van der Waals surface area contributed by atoms with Gasteiger partial charge in [-0.05, 0) is 23.8 Å². The number of rotatable bonds is 6. The number of methoxy groups -OCH3 is 2. The van der Waals surface area contributed by atoms with Crippen LogP contribution in [-0.4, -0.2) is 47.4 Å². The number of carbonyl (C=O) groups excluding carboxylic acids is 1. The van der Waals surface area contributed by atoms with Gasteiger partial charge in [-0.15, -0.1) is 0 Å². The third kappa shape index (κ3) is 3.52. The summed E-state index contributed by atoms with van der Waals surface area (Å²) in [7, 11) is 2.96. The number of esters is 1. The van der Waals surface area contributed by atoms with E-state index in [-0.39, 0.29) is 36.1 Å². The average molecular weight is 461 g/mol. The van der Waals surface area contributed by atoms with Gasteiger partial charge in [0.2, 0.25) is 0 Å². The summed E-state index contributed by atoms with van der Waals surface area (Å²) in [5.41, 5.74) is 3.03. The van der Waals surface area contributed by atoms with Gasteiger partial charge >= 0.3 is 5.97 Å². The molecule has 1 aromatic heterocycles. The molecule has 0 radical (unpaired) electrons. The molecule has 4 atom stereocenters.